The number of carboxylic acids is 2. The molecule has 5 N–H and O–H groups in total. The van der Waals surface area contributed by atoms with E-state index in [1.54, 1.807) is 0 Å². The van der Waals surface area contributed by atoms with E-state index in [2.05, 4.69) is 10.2 Å². The summed E-state index contributed by atoms with van der Waals surface area (Å²) in [6.45, 7) is 4.56. The molecule has 1 aliphatic carbocycles. The monoisotopic (exact) mass is 688 g/mol. The number of ether oxygens (including phenoxy) is 3. The van der Waals surface area contributed by atoms with Gasteiger partial charge >= 0.3 is 11.9 Å². The molecule has 0 heterocycles. The van der Waals surface area contributed by atoms with Crippen LogP contribution in [0.2, 0.25) is 0 Å². The average Bonchev–Trinajstić information content (AvgIpc) is 3.18. The summed E-state index contributed by atoms with van der Waals surface area (Å²) < 4.78 is 17.2. The van der Waals surface area contributed by atoms with Gasteiger partial charge in [-0.1, -0.05) is 5.57 Å². The lowest BCUT2D eigenvalue weighted by atomic mass is 9.82. The first-order valence-electron chi connectivity index (χ1n) is 15.4. The van der Waals surface area contributed by atoms with E-state index in [0.29, 0.717) is 66.8 Å². The van der Waals surface area contributed by atoms with E-state index < -0.39 is 28.5 Å². The SMILES string of the molecule is COc1c(O)c2c(=O)cc(OC)c3c4c(OC)cc(=O)c5c(O)c(NCCCN(C)C)c6c(c(c1C(C(C)=O)=C(C)C6)c23)c54.O=C(O)C(=O)O. The van der Waals surface area contributed by atoms with Gasteiger partial charge in [-0.2, -0.15) is 0 Å². The third-order valence-corrected chi connectivity index (χ3v) is 8.90. The molecule has 14 nitrogen and oxygen atoms in total. The van der Waals surface area contributed by atoms with Crippen LogP contribution in [0.5, 0.6) is 28.7 Å². The molecule has 0 radical (unpaired) electrons. The number of phenolic OH excluding ortho intramolecular Hbond substituents is 2. The second kappa shape index (κ2) is 13.2. The molecule has 0 unspecified atom stereocenters. The molecule has 14 heteroatoms. The second-order valence-corrected chi connectivity index (χ2v) is 12.2. The lowest BCUT2D eigenvalue weighted by Crippen LogP contribution is -2.17. The molecule has 0 bridgehead atoms. The maximum atomic E-state index is 13.8. The highest BCUT2D eigenvalue weighted by Gasteiger charge is 2.35. The van der Waals surface area contributed by atoms with Crippen LogP contribution < -0.4 is 30.4 Å². The molecule has 0 amide bonds. The standard InChI is InChI=1S/C34H34N2O8.C2H2O4/c1-14-11-16-22-27-23(32(40)31(16)35-9-8-10-36(3)4)17(38)12-19(42-5)25(27)26-20(43-6)13-18(39)24-29(26)28(22)30(21(14)15(2)37)34(44-7)33(24)41;3-1(4)2(5)6/h12-13,35,40-41H,8-11H2,1-7H3;(H,3,4)(H,5,6). The molecule has 0 saturated carbocycles. The van der Waals surface area contributed by atoms with Crippen LogP contribution in [0.25, 0.3) is 48.7 Å². The van der Waals surface area contributed by atoms with Crippen LogP contribution in [0.1, 0.15) is 31.4 Å². The van der Waals surface area contributed by atoms with E-state index in [1.165, 1.54) is 40.4 Å². The first-order chi connectivity index (χ1) is 23.6. The summed E-state index contributed by atoms with van der Waals surface area (Å²) in [7, 11) is 8.19. The number of carbonyl (C=O) groups excluding carboxylic acids is 1. The fourth-order valence-electron chi connectivity index (χ4n) is 7.05. The first kappa shape index (κ1) is 35.4. The van der Waals surface area contributed by atoms with Gasteiger partial charge in [0.1, 0.15) is 11.5 Å². The highest BCUT2D eigenvalue weighted by Crippen LogP contribution is 2.57. The number of nitrogens with one attached hydrogen (secondary N) is 1. The molecule has 262 valence electrons. The van der Waals surface area contributed by atoms with Gasteiger partial charge in [0.2, 0.25) is 0 Å². The molecular formula is C36H36N2O12. The Hall–Kier alpha value is -5.89. The molecule has 0 spiro atoms. The minimum Gasteiger partial charge on any atom is -0.505 e. The summed E-state index contributed by atoms with van der Waals surface area (Å²) in [5.74, 6) is -4.12. The number of ketones is 1. The summed E-state index contributed by atoms with van der Waals surface area (Å²) in [5.41, 5.74) is 1.39. The van der Waals surface area contributed by atoms with E-state index in [-0.39, 0.29) is 46.0 Å². The number of anilines is 1. The number of aromatic hydroxyl groups is 2. The Morgan fingerprint density at radius 3 is 1.76 bits per heavy atom. The number of nitrogens with zero attached hydrogens (tertiary/aromatic N) is 1. The second-order valence-electron chi connectivity index (χ2n) is 12.2. The molecule has 5 aromatic carbocycles. The fraction of sp³-hybridized carbons (Fsp3) is 0.306. The zero-order valence-electron chi connectivity index (χ0n) is 28.5. The normalized spacial score (nSPS) is 12.5. The summed E-state index contributed by atoms with van der Waals surface area (Å²) in [6.07, 6.45) is 0.991. The number of fused-ring (bicyclic) bond motifs is 1. The molecule has 0 saturated heterocycles. The number of phenols is 2. The van der Waals surface area contributed by atoms with Gasteiger partial charge in [0, 0.05) is 56.7 Å². The number of carbonyl (C=O) groups is 3. The van der Waals surface area contributed by atoms with E-state index in [1.807, 2.05) is 21.0 Å². The highest BCUT2D eigenvalue weighted by molar-refractivity contribution is 6.42. The molecule has 0 aromatic heterocycles. The van der Waals surface area contributed by atoms with Crippen LogP contribution in [0.15, 0.2) is 27.3 Å². The van der Waals surface area contributed by atoms with Crippen molar-refractivity contribution < 1.29 is 49.0 Å². The van der Waals surface area contributed by atoms with E-state index in [4.69, 9.17) is 34.0 Å². The van der Waals surface area contributed by atoms with Crippen molar-refractivity contribution in [1.82, 2.24) is 4.90 Å². The minimum atomic E-state index is -1.82. The van der Waals surface area contributed by atoms with Crippen molar-refractivity contribution in [3.63, 3.8) is 0 Å². The Morgan fingerprint density at radius 1 is 0.780 bits per heavy atom. The average molecular weight is 689 g/mol. The maximum absolute atomic E-state index is 13.8. The first-order valence-corrected chi connectivity index (χ1v) is 15.4. The van der Waals surface area contributed by atoms with Gasteiger partial charge < -0.3 is 44.9 Å². The molecule has 1 aliphatic rings. The lowest BCUT2D eigenvalue weighted by molar-refractivity contribution is -0.159. The number of methoxy groups -OCH3 is 3. The van der Waals surface area contributed by atoms with Crippen LogP contribution in [0.4, 0.5) is 5.69 Å². The highest BCUT2D eigenvalue weighted by atomic mass is 16.5. The number of allylic oxidation sites excluding steroid dienone is 2. The van der Waals surface area contributed by atoms with Crippen LogP contribution in [-0.4, -0.2) is 91.6 Å². The van der Waals surface area contributed by atoms with Crippen LogP contribution in [-0.2, 0) is 20.8 Å². The van der Waals surface area contributed by atoms with Crippen LogP contribution in [0.3, 0.4) is 0 Å². The Balaban J connectivity index is 0.000000745. The summed E-state index contributed by atoms with van der Waals surface area (Å²) in [5, 5.41) is 44.4. The van der Waals surface area contributed by atoms with Crippen molar-refractivity contribution in [1.29, 1.82) is 0 Å². The van der Waals surface area contributed by atoms with Gasteiger partial charge in [-0.15, -0.1) is 0 Å². The zero-order valence-corrected chi connectivity index (χ0v) is 28.5. The Morgan fingerprint density at radius 2 is 1.30 bits per heavy atom. The van der Waals surface area contributed by atoms with Crippen molar-refractivity contribution in [3.05, 3.63) is 49.3 Å². The van der Waals surface area contributed by atoms with Crippen LogP contribution >= 0.6 is 0 Å². The summed E-state index contributed by atoms with van der Waals surface area (Å²) in [4.78, 5) is 61.1. The minimum absolute atomic E-state index is 0.00887. The Bertz CT molecular complexity index is 2390. The zero-order chi connectivity index (χ0) is 36.9. The largest absolute Gasteiger partial charge is 0.505 e. The van der Waals surface area contributed by atoms with Gasteiger partial charge in [-0.3, -0.25) is 14.4 Å². The van der Waals surface area contributed by atoms with E-state index in [9.17, 15) is 24.6 Å². The van der Waals surface area contributed by atoms with Crippen molar-refractivity contribution in [3.8, 4) is 28.7 Å². The van der Waals surface area contributed by atoms with E-state index >= 15 is 0 Å². The van der Waals surface area contributed by atoms with Crippen molar-refractivity contribution in [2.45, 2.75) is 26.7 Å². The van der Waals surface area contributed by atoms with Gasteiger partial charge in [-0.25, -0.2) is 9.59 Å². The van der Waals surface area contributed by atoms with Gasteiger partial charge in [0.25, 0.3) is 0 Å². The number of Topliss-reactive ketones (excluding diaryl/α,β-unsaturated/α-hetero) is 1. The number of carboxylic acid groups (broad SMARTS) is 2. The molecule has 5 aromatic rings. The summed E-state index contributed by atoms with van der Waals surface area (Å²) >= 11 is 0. The molecular weight excluding hydrogens is 652 g/mol. The molecule has 0 atom stereocenters. The number of hydrogen-bond acceptors (Lipinski definition) is 12. The molecule has 6 rings (SSSR count). The summed E-state index contributed by atoms with van der Waals surface area (Å²) in [6, 6.07) is 2.59. The van der Waals surface area contributed by atoms with Gasteiger partial charge in [-0.05, 0) is 58.3 Å². The van der Waals surface area contributed by atoms with Crippen LogP contribution in [0, 0.1) is 0 Å². The quantitative estimate of drug-likeness (QED) is 0.0491. The number of benzene rings is 5. The lowest BCUT2D eigenvalue weighted by Gasteiger charge is -2.24. The Labute approximate surface area is 284 Å². The fourth-order valence-corrected chi connectivity index (χ4v) is 7.05. The van der Waals surface area contributed by atoms with Crippen molar-refractivity contribution in [2.75, 3.05) is 53.8 Å². The maximum Gasteiger partial charge on any atom is 0.414 e. The smallest absolute Gasteiger partial charge is 0.414 e. The topological polar surface area (TPSA) is 209 Å². The number of hydrogen-bond donors (Lipinski definition) is 5. The van der Waals surface area contributed by atoms with Gasteiger partial charge in [0.15, 0.2) is 33.9 Å². The van der Waals surface area contributed by atoms with Crippen molar-refractivity contribution in [2.24, 2.45) is 0 Å². The van der Waals surface area contributed by atoms with Crippen molar-refractivity contribution >= 4 is 72.1 Å². The number of rotatable bonds is 9. The molecule has 0 fully saturated rings. The predicted molar refractivity (Wildman–Crippen MR) is 188 cm³/mol. The van der Waals surface area contributed by atoms with E-state index in [0.717, 1.165) is 13.0 Å². The molecule has 50 heavy (non-hydrogen) atoms. The third kappa shape index (κ3) is 5.37. The molecule has 0 aliphatic heterocycles. The third-order valence-electron chi connectivity index (χ3n) is 8.90. The Kier molecular flexibility index (Phi) is 9.35. The van der Waals surface area contributed by atoms with Gasteiger partial charge in [0.05, 0.1) is 37.8 Å². The number of aliphatic carboxylic acids is 2. The predicted octanol–water partition coefficient (Wildman–Crippen LogP) is 3.77.